The first kappa shape index (κ1) is 22.9. The third kappa shape index (κ3) is 5.64. The second-order valence-electron chi connectivity index (χ2n) is 8.60. The number of anilines is 3. The molecular formula is C26H29N7O2. The summed E-state index contributed by atoms with van der Waals surface area (Å²) in [5.74, 6) is 2.24. The van der Waals surface area contributed by atoms with Crippen molar-refractivity contribution in [2.24, 2.45) is 0 Å². The van der Waals surface area contributed by atoms with Crippen LogP contribution in [0.25, 0.3) is 22.2 Å². The van der Waals surface area contributed by atoms with Crippen molar-refractivity contribution in [3.05, 3.63) is 61.1 Å². The summed E-state index contributed by atoms with van der Waals surface area (Å²) >= 11 is 0. The summed E-state index contributed by atoms with van der Waals surface area (Å²) in [6.07, 6.45) is 5.39. The largest absolute Gasteiger partial charge is 0.492 e. The molecule has 35 heavy (non-hydrogen) atoms. The highest BCUT2D eigenvalue weighted by Gasteiger charge is 2.13. The maximum atomic E-state index is 5.92. The smallest absolute Gasteiger partial charge is 0.227 e. The number of rotatable bonds is 8. The van der Waals surface area contributed by atoms with E-state index >= 15 is 0 Å². The number of fused-ring (bicyclic) bond motifs is 1. The molecule has 0 amide bonds. The quantitative estimate of drug-likeness (QED) is 0.414. The highest BCUT2D eigenvalue weighted by molar-refractivity contribution is 5.91. The number of hydrogen-bond donors (Lipinski definition) is 1. The number of pyridine rings is 2. The van der Waals surface area contributed by atoms with Gasteiger partial charge in [-0.3, -0.25) is 4.98 Å². The molecule has 1 aliphatic heterocycles. The van der Waals surface area contributed by atoms with Crippen LogP contribution in [0.3, 0.4) is 0 Å². The highest BCUT2D eigenvalue weighted by Crippen LogP contribution is 2.28. The number of nitrogens with one attached hydrogen (secondary N) is 1. The van der Waals surface area contributed by atoms with Crippen LogP contribution in [0.1, 0.15) is 0 Å². The predicted molar refractivity (Wildman–Crippen MR) is 137 cm³/mol. The molecule has 0 aliphatic carbocycles. The van der Waals surface area contributed by atoms with Crippen molar-refractivity contribution in [3.63, 3.8) is 0 Å². The van der Waals surface area contributed by atoms with Crippen LogP contribution in [-0.2, 0) is 4.74 Å². The molecule has 4 heterocycles. The van der Waals surface area contributed by atoms with Gasteiger partial charge in [-0.2, -0.15) is 0 Å². The second-order valence-corrected chi connectivity index (χ2v) is 8.60. The maximum absolute atomic E-state index is 5.92. The SMILES string of the molecule is CN(C)CCOc1cccc(-c2nccc3cnc(Nc4ccc(N5CCOCC5)nc4)nc23)c1. The van der Waals surface area contributed by atoms with E-state index in [2.05, 4.69) is 30.1 Å². The monoisotopic (exact) mass is 471 g/mol. The minimum atomic E-state index is 0.492. The number of likely N-dealkylation sites (N-methyl/N-ethyl adjacent to an activating group) is 1. The minimum absolute atomic E-state index is 0.492. The second kappa shape index (κ2) is 10.6. The van der Waals surface area contributed by atoms with Crippen LogP contribution in [0.15, 0.2) is 61.1 Å². The number of aromatic nitrogens is 4. The number of nitrogens with zero attached hydrogens (tertiary/aromatic N) is 6. The molecule has 1 N–H and O–H groups in total. The van der Waals surface area contributed by atoms with E-state index in [-0.39, 0.29) is 0 Å². The molecule has 0 saturated carbocycles. The molecule has 4 aromatic rings. The van der Waals surface area contributed by atoms with Crippen LogP contribution in [0, 0.1) is 0 Å². The lowest BCUT2D eigenvalue weighted by molar-refractivity contribution is 0.122. The molecule has 1 aromatic carbocycles. The normalized spacial score (nSPS) is 13.9. The van der Waals surface area contributed by atoms with E-state index in [1.165, 1.54) is 0 Å². The zero-order valence-corrected chi connectivity index (χ0v) is 20.0. The van der Waals surface area contributed by atoms with Crippen molar-refractivity contribution in [1.29, 1.82) is 0 Å². The summed E-state index contributed by atoms with van der Waals surface area (Å²) in [5, 5.41) is 4.19. The Kier molecular flexibility index (Phi) is 6.97. The first-order valence-electron chi connectivity index (χ1n) is 11.7. The number of morpholine rings is 1. The van der Waals surface area contributed by atoms with Gasteiger partial charge in [0.15, 0.2) is 0 Å². The molecule has 9 nitrogen and oxygen atoms in total. The summed E-state index contributed by atoms with van der Waals surface area (Å²) in [6, 6.07) is 13.9. The van der Waals surface area contributed by atoms with E-state index in [0.29, 0.717) is 12.6 Å². The first-order chi connectivity index (χ1) is 17.2. The summed E-state index contributed by atoms with van der Waals surface area (Å²) < 4.78 is 11.3. The van der Waals surface area contributed by atoms with E-state index < -0.39 is 0 Å². The molecule has 1 fully saturated rings. The number of ether oxygens (including phenoxy) is 2. The zero-order chi connectivity index (χ0) is 24.0. The molecule has 0 atom stereocenters. The molecule has 5 rings (SSSR count). The molecule has 0 radical (unpaired) electrons. The number of hydrogen-bond acceptors (Lipinski definition) is 9. The van der Waals surface area contributed by atoms with Crippen molar-refractivity contribution in [2.75, 3.05) is 63.8 Å². The summed E-state index contributed by atoms with van der Waals surface area (Å²) in [5.41, 5.74) is 3.32. The van der Waals surface area contributed by atoms with Crippen LogP contribution >= 0.6 is 0 Å². The van der Waals surface area contributed by atoms with Gasteiger partial charge in [0.1, 0.15) is 23.7 Å². The lowest BCUT2D eigenvalue weighted by Crippen LogP contribution is -2.36. The molecule has 0 unspecified atom stereocenters. The van der Waals surface area contributed by atoms with E-state index in [0.717, 1.165) is 72.3 Å². The Morgan fingerprint density at radius 3 is 2.71 bits per heavy atom. The average Bonchev–Trinajstić information content (AvgIpc) is 2.89. The third-order valence-electron chi connectivity index (χ3n) is 5.75. The van der Waals surface area contributed by atoms with Crippen LogP contribution in [0.5, 0.6) is 5.75 Å². The Labute approximate surface area is 204 Å². The standard InChI is InChI=1S/C26H29N7O2/c1-32(2)10-15-35-22-5-3-4-19(16-22)24-25-20(8-9-27-24)17-29-26(31-25)30-21-6-7-23(28-18-21)33-11-13-34-14-12-33/h3-9,16-18H,10-15H2,1-2H3,(H,29,30,31). The molecule has 180 valence electrons. The molecular weight excluding hydrogens is 442 g/mol. The Morgan fingerprint density at radius 2 is 1.91 bits per heavy atom. The minimum Gasteiger partial charge on any atom is -0.492 e. The van der Waals surface area contributed by atoms with E-state index in [1.807, 2.05) is 62.8 Å². The fourth-order valence-corrected chi connectivity index (χ4v) is 3.88. The molecule has 0 spiro atoms. The highest BCUT2D eigenvalue weighted by atomic mass is 16.5. The molecule has 3 aromatic heterocycles. The van der Waals surface area contributed by atoms with Crippen molar-refractivity contribution < 1.29 is 9.47 Å². The Bertz CT molecular complexity index is 1270. The topological polar surface area (TPSA) is 88.5 Å². The van der Waals surface area contributed by atoms with E-state index in [9.17, 15) is 0 Å². The van der Waals surface area contributed by atoms with Gasteiger partial charge in [0, 0.05) is 43.0 Å². The van der Waals surface area contributed by atoms with Gasteiger partial charge in [-0.25, -0.2) is 15.0 Å². The average molecular weight is 472 g/mol. The Hall–Kier alpha value is -3.82. The molecule has 9 heteroatoms. The van der Waals surface area contributed by atoms with Crippen molar-refractivity contribution in [2.45, 2.75) is 0 Å². The van der Waals surface area contributed by atoms with Crippen LogP contribution < -0.4 is 15.0 Å². The predicted octanol–water partition coefficient (Wildman–Crippen LogP) is 3.61. The first-order valence-corrected chi connectivity index (χ1v) is 11.7. The molecule has 1 aliphatic rings. The lowest BCUT2D eigenvalue weighted by Gasteiger charge is -2.27. The zero-order valence-electron chi connectivity index (χ0n) is 20.0. The molecule has 0 bridgehead atoms. The van der Waals surface area contributed by atoms with Gasteiger partial charge in [0.2, 0.25) is 5.95 Å². The summed E-state index contributed by atoms with van der Waals surface area (Å²) in [4.78, 5) is 22.8. The van der Waals surface area contributed by atoms with Crippen LogP contribution in [0.4, 0.5) is 17.5 Å². The van der Waals surface area contributed by atoms with Crippen molar-refractivity contribution in [1.82, 2.24) is 24.8 Å². The van der Waals surface area contributed by atoms with E-state index in [4.69, 9.17) is 14.5 Å². The van der Waals surface area contributed by atoms with Gasteiger partial charge in [0.05, 0.1) is 30.8 Å². The van der Waals surface area contributed by atoms with Crippen LogP contribution in [-0.4, -0.2) is 78.4 Å². The fourth-order valence-electron chi connectivity index (χ4n) is 3.88. The maximum Gasteiger partial charge on any atom is 0.227 e. The summed E-state index contributed by atoms with van der Waals surface area (Å²) in [7, 11) is 4.05. The Morgan fingerprint density at radius 1 is 1.03 bits per heavy atom. The van der Waals surface area contributed by atoms with Gasteiger partial charge >= 0.3 is 0 Å². The fraction of sp³-hybridized carbons (Fsp3) is 0.308. The van der Waals surface area contributed by atoms with Crippen molar-refractivity contribution in [3.8, 4) is 17.0 Å². The summed E-state index contributed by atoms with van der Waals surface area (Å²) in [6.45, 7) is 4.63. The van der Waals surface area contributed by atoms with Crippen molar-refractivity contribution >= 4 is 28.4 Å². The third-order valence-corrected chi connectivity index (χ3v) is 5.75. The van der Waals surface area contributed by atoms with E-state index in [1.54, 1.807) is 12.4 Å². The van der Waals surface area contributed by atoms with Gasteiger partial charge in [-0.05, 0) is 44.4 Å². The van der Waals surface area contributed by atoms with Crippen LogP contribution in [0.2, 0.25) is 0 Å². The van der Waals surface area contributed by atoms with Gasteiger partial charge in [-0.15, -0.1) is 0 Å². The van der Waals surface area contributed by atoms with Gasteiger partial charge < -0.3 is 24.6 Å². The van der Waals surface area contributed by atoms with Gasteiger partial charge in [-0.1, -0.05) is 12.1 Å². The number of benzene rings is 1. The lowest BCUT2D eigenvalue weighted by atomic mass is 10.1. The Balaban J connectivity index is 1.37. The van der Waals surface area contributed by atoms with Gasteiger partial charge in [0.25, 0.3) is 0 Å². The molecule has 1 saturated heterocycles.